The van der Waals surface area contributed by atoms with Crippen LogP contribution in [0.4, 0.5) is 0 Å². The first-order chi connectivity index (χ1) is 9.06. The third-order valence-electron chi connectivity index (χ3n) is 5.27. The molecule has 1 aromatic heterocycles. The van der Waals surface area contributed by atoms with E-state index in [1.54, 1.807) is 10.9 Å². The number of rotatable bonds is 3. The lowest BCUT2D eigenvalue weighted by Gasteiger charge is -2.28. The van der Waals surface area contributed by atoms with E-state index in [2.05, 4.69) is 17.3 Å². The Bertz CT molecular complexity index is 494. The summed E-state index contributed by atoms with van der Waals surface area (Å²) in [4.78, 5) is 12.3. The Kier molecular flexibility index (Phi) is 3.11. The number of aryl methyl sites for hydroxylation is 1. The zero-order chi connectivity index (χ0) is 13.6. The molecule has 2 aliphatic rings. The molecule has 4 atom stereocenters. The molecule has 2 aliphatic carbocycles. The number of aromatic nitrogens is 2. The van der Waals surface area contributed by atoms with Crippen molar-refractivity contribution in [2.24, 2.45) is 24.8 Å². The van der Waals surface area contributed by atoms with E-state index in [1.165, 1.54) is 25.7 Å². The highest BCUT2D eigenvalue weighted by Crippen LogP contribution is 2.49. The van der Waals surface area contributed by atoms with Crippen LogP contribution in [0.1, 0.15) is 48.7 Å². The first-order valence-corrected chi connectivity index (χ1v) is 7.35. The number of nitrogens with zero attached hydrogens (tertiary/aromatic N) is 2. The van der Waals surface area contributed by atoms with Crippen LogP contribution in [0.2, 0.25) is 0 Å². The van der Waals surface area contributed by atoms with Gasteiger partial charge in [0, 0.05) is 18.8 Å². The van der Waals surface area contributed by atoms with Gasteiger partial charge >= 0.3 is 0 Å². The molecule has 2 fully saturated rings. The minimum Gasteiger partial charge on any atom is -0.349 e. The molecule has 0 unspecified atom stereocenters. The summed E-state index contributed by atoms with van der Waals surface area (Å²) in [5.41, 5.74) is 1.63. The van der Waals surface area contributed by atoms with Gasteiger partial charge in [0.2, 0.25) is 0 Å². The minimum atomic E-state index is 0.0286. The van der Waals surface area contributed by atoms with Gasteiger partial charge < -0.3 is 5.32 Å². The summed E-state index contributed by atoms with van der Waals surface area (Å²) in [5.74, 6) is 2.48. The predicted octanol–water partition coefficient (Wildman–Crippen LogP) is 2.28. The Hall–Kier alpha value is -1.32. The summed E-state index contributed by atoms with van der Waals surface area (Å²) in [6.45, 7) is 4.10. The van der Waals surface area contributed by atoms with E-state index in [1.807, 2.05) is 14.0 Å². The van der Waals surface area contributed by atoms with Crippen molar-refractivity contribution in [2.75, 3.05) is 0 Å². The van der Waals surface area contributed by atoms with Gasteiger partial charge in [-0.2, -0.15) is 5.10 Å². The number of carbonyl (C=O) groups is 1. The summed E-state index contributed by atoms with van der Waals surface area (Å²) in [6, 6.07) is 0.280. The molecule has 1 aromatic rings. The molecule has 0 aromatic carbocycles. The van der Waals surface area contributed by atoms with Crippen LogP contribution in [0.25, 0.3) is 0 Å². The average molecular weight is 261 g/mol. The summed E-state index contributed by atoms with van der Waals surface area (Å²) in [7, 11) is 1.87. The van der Waals surface area contributed by atoms with Crippen molar-refractivity contribution < 1.29 is 4.79 Å². The Morgan fingerprint density at radius 1 is 1.47 bits per heavy atom. The van der Waals surface area contributed by atoms with E-state index in [0.29, 0.717) is 11.5 Å². The van der Waals surface area contributed by atoms with Gasteiger partial charge in [0.15, 0.2) is 0 Å². The lowest BCUT2D eigenvalue weighted by molar-refractivity contribution is 0.0914. The van der Waals surface area contributed by atoms with Crippen molar-refractivity contribution in [3.8, 4) is 0 Å². The molecular formula is C15H23N3O. The van der Waals surface area contributed by atoms with Crippen LogP contribution >= 0.6 is 0 Å². The molecule has 3 rings (SSSR count). The molecule has 0 spiro atoms. The Balaban J connectivity index is 1.65. The number of hydrogen-bond donors (Lipinski definition) is 1. The molecule has 4 nitrogen and oxygen atoms in total. The number of hydrogen-bond acceptors (Lipinski definition) is 2. The lowest BCUT2D eigenvalue weighted by Crippen LogP contribution is -2.40. The van der Waals surface area contributed by atoms with Gasteiger partial charge in [-0.1, -0.05) is 6.42 Å². The quantitative estimate of drug-likeness (QED) is 0.907. The van der Waals surface area contributed by atoms with Gasteiger partial charge in [0.25, 0.3) is 5.91 Å². The molecule has 0 radical (unpaired) electrons. The Morgan fingerprint density at radius 2 is 2.26 bits per heavy atom. The molecular weight excluding hydrogens is 238 g/mol. The van der Waals surface area contributed by atoms with Crippen molar-refractivity contribution in [1.82, 2.24) is 15.1 Å². The van der Waals surface area contributed by atoms with Crippen molar-refractivity contribution in [3.63, 3.8) is 0 Å². The zero-order valence-electron chi connectivity index (χ0n) is 12.0. The van der Waals surface area contributed by atoms with Crippen LogP contribution in [0.3, 0.4) is 0 Å². The van der Waals surface area contributed by atoms with Gasteiger partial charge in [-0.3, -0.25) is 9.48 Å². The molecule has 104 valence electrons. The maximum absolute atomic E-state index is 12.3. The highest BCUT2D eigenvalue weighted by molar-refractivity contribution is 5.95. The van der Waals surface area contributed by atoms with E-state index in [0.717, 1.165) is 17.5 Å². The summed E-state index contributed by atoms with van der Waals surface area (Å²) in [5, 5.41) is 7.32. The second-order valence-electron chi connectivity index (χ2n) is 6.37. The standard InChI is InChI=1S/C15H23N3O/c1-9(13-7-11-4-5-12(13)6-11)17-15(19)14-8-16-18(3)10(14)2/h8-9,11-13H,4-7H2,1-3H3,(H,17,19)/t9-,11-,12-,13-/m0/s1. The second-order valence-corrected chi connectivity index (χ2v) is 6.37. The highest BCUT2D eigenvalue weighted by atomic mass is 16.1. The van der Waals surface area contributed by atoms with E-state index < -0.39 is 0 Å². The summed E-state index contributed by atoms with van der Waals surface area (Å²) in [6.07, 6.45) is 7.12. The third kappa shape index (κ3) is 2.17. The monoisotopic (exact) mass is 261 g/mol. The summed E-state index contributed by atoms with van der Waals surface area (Å²) >= 11 is 0. The van der Waals surface area contributed by atoms with Crippen LogP contribution in [0, 0.1) is 24.7 Å². The zero-order valence-corrected chi connectivity index (χ0v) is 12.0. The number of nitrogens with one attached hydrogen (secondary N) is 1. The highest BCUT2D eigenvalue weighted by Gasteiger charge is 2.42. The molecule has 0 saturated heterocycles. The van der Waals surface area contributed by atoms with E-state index in [4.69, 9.17) is 0 Å². The maximum atomic E-state index is 12.3. The van der Waals surface area contributed by atoms with Gasteiger partial charge in [-0.05, 0) is 50.9 Å². The first-order valence-electron chi connectivity index (χ1n) is 7.35. The molecule has 1 heterocycles. The van der Waals surface area contributed by atoms with Gasteiger partial charge in [-0.15, -0.1) is 0 Å². The van der Waals surface area contributed by atoms with Gasteiger partial charge in [-0.25, -0.2) is 0 Å². The maximum Gasteiger partial charge on any atom is 0.254 e. The lowest BCUT2D eigenvalue weighted by atomic mass is 9.84. The normalized spacial score (nSPS) is 30.6. The smallest absolute Gasteiger partial charge is 0.254 e. The van der Waals surface area contributed by atoms with E-state index in [9.17, 15) is 4.79 Å². The van der Waals surface area contributed by atoms with E-state index >= 15 is 0 Å². The Morgan fingerprint density at radius 3 is 2.79 bits per heavy atom. The topological polar surface area (TPSA) is 46.9 Å². The SMILES string of the molecule is Cc1c(C(=O)N[C@@H](C)[C@@H]2C[C@H]3CC[C@H]2C3)cnn1C. The number of fused-ring (bicyclic) bond motifs is 2. The second kappa shape index (κ2) is 4.66. The Labute approximate surface area is 114 Å². The molecule has 4 heteroatoms. The molecule has 0 aliphatic heterocycles. The van der Waals surface area contributed by atoms with Crippen LogP contribution < -0.4 is 5.32 Å². The van der Waals surface area contributed by atoms with Crippen molar-refractivity contribution >= 4 is 5.91 Å². The van der Waals surface area contributed by atoms with Crippen molar-refractivity contribution in [1.29, 1.82) is 0 Å². The fraction of sp³-hybridized carbons (Fsp3) is 0.733. The first kappa shape index (κ1) is 12.7. The van der Waals surface area contributed by atoms with Gasteiger partial charge in [0.05, 0.1) is 11.8 Å². The predicted molar refractivity (Wildman–Crippen MR) is 73.8 cm³/mol. The summed E-state index contributed by atoms with van der Waals surface area (Å²) < 4.78 is 1.75. The van der Waals surface area contributed by atoms with Crippen molar-refractivity contribution in [3.05, 3.63) is 17.5 Å². The molecule has 1 amide bonds. The van der Waals surface area contributed by atoms with E-state index in [-0.39, 0.29) is 11.9 Å². The minimum absolute atomic E-state index is 0.0286. The largest absolute Gasteiger partial charge is 0.349 e. The van der Waals surface area contributed by atoms with Crippen LogP contribution in [0.5, 0.6) is 0 Å². The van der Waals surface area contributed by atoms with Crippen LogP contribution in [-0.2, 0) is 7.05 Å². The fourth-order valence-electron chi connectivity index (χ4n) is 4.02. The van der Waals surface area contributed by atoms with Gasteiger partial charge in [0.1, 0.15) is 0 Å². The molecule has 2 bridgehead atoms. The molecule has 1 N–H and O–H groups in total. The fourth-order valence-corrected chi connectivity index (χ4v) is 4.02. The molecule has 2 saturated carbocycles. The average Bonchev–Trinajstić information content (AvgIpc) is 3.06. The molecule has 19 heavy (non-hydrogen) atoms. The van der Waals surface area contributed by atoms with Crippen LogP contribution in [-0.4, -0.2) is 21.7 Å². The van der Waals surface area contributed by atoms with Crippen molar-refractivity contribution in [2.45, 2.75) is 45.6 Å². The van der Waals surface area contributed by atoms with Crippen LogP contribution in [0.15, 0.2) is 6.20 Å². The number of carbonyl (C=O) groups excluding carboxylic acids is 1. The third-order valence-corrected chi connectivity index (χ3v) is 5.27. The number of amides is 1.